The molecule has 0 amide bonds. The van der Waals surface area contributed by atoms with Crippen LogP contribution in [0.25, 0.3) is 0 Å². The fraction of sp³-hybridized carbons (Fsp3) is 0.538. The first-order chi connectivity index (χ1) is 8.27. The standard InChI is InChI=1S/C13H22N2O2S/c1-9(2)8-15-18(16,17)13-6-12(7-14)5-10(3)11(13)4/h5-6,9,15H,7-8,14H2,1-4H3. The molecule has 0 unspecified atom stereocenters. The number of sulfonamides is 1. The quantitative estimate of drug-likeness (QED) is 0.855. The summed E-state index contributed by atoms with van der Waals surface area (Å²) in [5.41, 5.74) is 8.15. The molecule has 3 N–H and O–H groups in total. The van der Waals surface area contributed by atoms with Gasteiger partial charge in [0.1, 0.15) is 0 Å². The summed E-state index contributed by atoms with van der Waals surface area (Å²) in [7, 11) is -3.45. The van der Waals surface area contributed by atoms with Crippen LogP contribution >= 0.6 is 0 Å². The largest absolute Gasteiger partial charge is 0.326 e. The van der Waals surface area contributed by atoms with E-state index in [1.807, 2.05) is 33.8 Å². The van der Waals surface area contributed by atoms with Crippen LogP contribution in [0.3, 0.4) is 0 Å². The molecule has 0 spiro atoms. The Kier molecular flexibility index (Phi) is 4.90. The molecule has 102 valence electrons. The SMILES string of the molecule is Cc1cc(CN)cc(S(=O)(=O)NCC(C)C)c1C. The molecule has 1 aromatic rings. The van der Waals surface area contributed by atoms with Crippen molar-refractivity contribution in [3.05, 3.63) is 28.8 Å². The molecule has 0 bridgehead atoms. The Balaban J connectivity index is 3.19. The van der Waals surface area contributed by atoms with Crippen molar-refractivity contribution in [2.45, 2.75) is 39.1 Å². The molecule has 5 heteroatoms. The molecule has 0 aliphatic rings. The summed E-state index contributed by atoms with van der Waals surface area (Å²) >= 11 is 0. The molecule has 0 aromatic heterocycles. The van der Waals surface area contributed by atoms with Crippen LogP contribution in [-0.2, 0) is 16.6 Å². The van der Waals surface area contributed by atoms with Gasteiger partial charge in [0.25, 0.3) is 0 Å². The predicted molar refractivity (Wildman–Crippen MR) is 73.8 cm³/mol. The lowest BCUT2D eigenvalue weighted by Gasteiger charge is -2.14. The Morgan fingerprint density at radius 1 is 1.28 bits per heavy atom. The van der Waals surface area contributed by atoms with Crippen LogP contribution in [0.2, 0.25) is 0 Å². The van der Waals surface area contributed by atoms with Gasteiger partial charge in [0.15, 0.2) is 0 Å². The smallest absolute Gasteiger partial charge is 0.240 e. The maximum absolute atomic E-state index is 12.2. The number of benzene rings is 1. The summed E-state index contributed by atoms with van der Waals surface area (Å²) in [6.45, 7) is 8.44. The zero-order valence-corrected chi connectivity index (χ0v) is 12.3. The second kappa shape index (κ2) is 5.82. The lowest BCUT2D eigenvalue weighted by atomic mass is 10.1. The molecule has 18 heavy (non-hydrogen) atoms. The van der Waals surface area contributed by atoms with Crippen molar-refractivity contribution in [1.29, 1.82) is 0 Å². The van der Waals surface area contributed by atoms with Crippen LogP contribution in [-0.4, -0.2) is 15.0 Å². The average Bonchev–Trinajstić information content (AvgIpc) is 2.29. The first kappa shape index (κ1) is 15.1. The Hall–Kier alpha value is -0.910. The summed E-state index contributed by atoms with van der Waals surface area (Å²) < 4.78 is 27.1. The highest BCUT2D eigenvalue weighted by Gasteiger charge is 2.18. The highest BCUT2D eigenvalue weighted by atomic mass is 32.2. The number of nitrogens with one attached hydrogen (secondary N) is 1. The van der Waals surface area contributed by atoms with Crippen molar-refractivity contribution < 1.29 is 8.42 Å². The van der Waals surface area contributed by atoms with Crippen molar-refractivity contribution >= 4 is 10.0 Å². The van der Waals surface area contributed by atoms with Gasteiger partial charge in [-0.15, -0.1) is 0 Å². The number of aryl methyl sites for hydroxylation is 1. The van der Waals surface area contributed by atoms with E-state index in [9.17, 15) is 8.42 Å². The van der Waals surface area contributed by atoms with E-state index in [1.165, 1.54) is 0 Å². The molecule has 4 nitrogen and oxygen atoms in total. The molecule has 0 radical (unpaired) electrons. The third-order valence-corrected chi connectivity index (χ3v) is 4.44. The van der Waals surface area contributed by atoms with E-state index in [-0.39, 0.29) is 5.92 Å². The van der Waals surface area contributed by atoms with Gasteiger partial charge in [-0.1, -0.05) is 19.9 Å². The maximum Gasteiger partial charge on any atom is 0.240 e. The number of nitrogens with two attached hydrogens (primary N) is 1. The zero-order valence-electron chi connectivity index (χ0n) is 11.4. The maximum atomic E-state index is 12.2. The van der Waals surface area contributed by atoms with Crippen molar-refractivity contribution in [3.63, 3.8) is 0 Å². The minimum Gasteiger partial charge on any atom is -0.326 e. The van der Waals surface area contributed by atoms with Crippen molar-refractivity contribution in [1.82, 2.24) is 4.72 Å². The molecule has 0 aliphatic carbocycles. The lowest BCUT2D eigenvalue weighted by Crippen LogP contribution is -2.28. The molecule has 0 aliphatic heterocycles. The van der Waals surface area contributed by atoms with Gasteiger partial charge in [0, 0.05) is 13.1 Å². The van der Waals surface area contributed by atoms with Gasteiger partial charge in [-0.25, -0.2) is 13.1 Å². The zero-order chi connectivity index (χ0) is 13.9. The second-order valence-electron chi connectivity index (χ2n) is 4.99. The van der Waals surface area contributed by atoms with Gasteiger partial charge >= 0.3 is 0 Å². The van der Waals surface area contributed by atoms with E-state index >= 15 is 0 Å². The molecule has 1 rings (SSSR count). The first-order valence-electron chi connectivity index (χ1n) is 6.07. The van der Waals surface area contributed by atoms with Crippen LogP contribution in [0.15, 0.2) is 17.0 Å². The van der Waals surface area contributed by atoms with Gasteiger partial charge in [-0.05, 0) is 42.5 Å². The Morgan fingerprint density at radius 3 is 2.39 bits per heavy atom. The summed E-state index contributed by atoms with van der Waals surface area (Å²) in [6.07, 6.45) is 0. The third kappa shape index (κ3) is 3.54. The lowest BCUT2D eigenvalue weighted by molar-refractivity contribution is 0.559. The van der Waals surface area contributed by atoms with Crippen LogP contribution in [0, 0.1) is 19.8 Å². The summed E-state index contributed by atoms with van der Waals surface area (Å²) in [4.78, 5) is 0.337. The monoisotopic (exact) mass is 270 g/mol. The van der Waals surface area contributed by atoms with Crippen molar-refractivity contribution in [3.8, 4) is 0 Å². The van der Waals surface area contributed by atoms with E-state index in [0.29, 0.717) is 18.0 Å². The van der Waals surface area contributed by atoms with E-state index in [1.54, 1.807) is 6.07 Å². The van der Waals surface area contributed by atoms with Gasteiger partial charge in [-0.3, -0.25) is 0 Å². The van der Waals surface area contributed by atoms with E-state index in [2.05, 4.69) is 4.72 Å². The molecule has 1 aromatic carbocycles. The number of rotatable bonds is 5. The highest BCUT2D eigenvalue weighted by molar-refractivity contribution is 7.89. The first-order valence-corrected chi connectivity index (χ1v) is 7.56. The van der Waals surface area contributed by atoms with Crippen LogP contribution < -0.4 is 10.5 Å². The summed E-state index contributed by atoms with van der Waals surface area (Å²) in [5, 5.41) is 0. The van der Waals surface area contributed by atoms with Gasteiger partial charge in [0.2, 0.25) is 10.0 Å². The fourth-order valence-corrected chi connectivity index (χ4v) is 3.23. The second-order valence-corrected chi connectivity index (χ2v) is 6.72. The van der Waals surface area contributed by atoms with Crippen LogP contribution in [0.4, 0.5) is 0 Å². The van der Waals surface area contributed by atoms with Gasteiger partial charge in [0.05, 0.1) is 4.90 Å². The molecular formula is C13H22N2O2S. The Labute approximate surface area is 110 Å². The highest BCUT2D eigenvalue weighted by Crippen LogP contribution is 2.21. The molecule has 0 fully saturated rings. The normalized spacial score (nSPS) is 12.1. The van der Waals surface area contributed by atoms with Crippen LogP contribution in [0.5, 0.6) is 0 Å². The van der Waals surface area contributed by atoms with Gasteiger partial charge in [-0.2, -0.15) is 0 Å². The minimum atomic E-state index is -3.45. The fourth-order valence-electron chi connectivity index (χ4n) is 1.65. The van der Waals surface area contributed by atoms with Crippen molar-refractivity contribution in [2.24, 2.45) is 11.7 Å². The minimum absolute atomic E-state index is 0.277. The van der Waals surface area contributed by atoms with E-state index in [4.69, 9.17) is 5.73 Å². The molecule has 0 heterocycles. The molecule has 0 saturated heterocycles. The molecular weight excluding hydrogens is 248 g/mol. The van der Waals surface area contributed by atoms with Gasteiger partial charge < -0.3 is 5.73 Å². The summed E-state index contributed by atoms with van der Waals surface area (Å²) in [5.74, 6) is 0.277. The average molecular weight is 270 g/mol. The predicted octanol–water partition coefficient (Wildman–Crippen LogP) is 1.70. The van der Waals surface area contributed by atoms with Crippen molar-refractivity contribution in [2.75, 3.05) is 6.54 Å². The number of hydrogen-bond acceptors (Lipinski definition) is 3. The van der Waals surface area contributed by atoms with E-state index < -0.39 is 10.0 Å². The number of hydrogen-bond donors (Lipinski definition) is 2. The van der Waals surface area contributed by atoms with E-state index in [0.717, 1.165) is 16.7 Å². The summed E-state index contributed by atoms with van der Waals surface area (Å²) in [6, 6.07) is 3.59. The van der Waals surface area contributed by atoms with Crippen LogP contribution in [0.1, 0.15) is 30.5 Å². The Bertz CT molecular complexity index is 522. The topological polar surface area (TPSA) is 72.2 Å². The Morgan fingerprint density at radius 2 is 1.89 bits per heavy atom. The third-order valence-electron chi connectivity index (χ3n) is 2.89. The molecule has 0 saturated carbocycles. The molecule has 0 atom stereocenters.